The summed E-state index contributed by atoms with van der Waals surface area (Å²) < 4.78 is 26.9. The molecule has 1 aromatic heterocycles. The molecule has 3 heterocycles. The molecule has 5 atom stereocenters. The molecule has 6 aliphatic rings. The molecule has 8 rings (SSSR count). The quantitative estimate of drug-likeness (QED) is 0.476. The highest BCUT2D eigenvalue weighted by Crippen LogP contribution is 2.60. The number of fused-ring (bicyclic) bond motifs is 1. The van der Waals surface area contributed by atoms with E-state index in [1.165, 1.54) is 0 Å². The highest BCUT2D eigenvalue weighted by Gasteiger charge is 2.58. The van der Waals surface area contributed by atoms with Crippen molar-refractivity contribution < 1.29 is 18.0 Å². The predicted octanol–water partition coefficient (Wildman–Crippen LogP) is 3.54. The van der Waals surface area contributed by atoms with E-state index in [4.69, 9.17) is 10.7 Å². The van der Waals surface area contributed by atoms with Crippen molar-refractivity contribution in [1.29, 1.82) is 0 Å². The summed E-state index contributed by atoms with van der Waals surface area (Å²) in [4.78, 5) is 37.2. The molecular formula is C33H45N7O4S. The molecule has 2 aliphatic heterocycles. The van der Waals surface area contributed by atoms with E-state index in [-0.39, 0.29) is 35.1 Å². The van der Waals surface area contributed by atoms with Crippen LogP contribution in [0.5, 0.6) is 0 Å². The van der Waals surface area contributed by atoms with Gasteiger partial charge in [-0.15, -0.1) is 0 Å². The fourth-order valence-electron chi connectivity index (χ4n) is 9.07. The molecule has 45 heavy (non-hydrogen) atoms. The first-order chi connectivity index (χ1) is 21.5. The maximum atomic E-state index is 13.8. The third-order valence-corrected chi connectivity index (χ3v) is 13.1. The maximum Gasteiger partial charge on any atom is 0.322 e. The van der Waals surface area contributed by atoms with E-state index in [2.05, 4.69) is 15.1 Å². The van der Waals surface area contributed by atoms with Crippen molar-refractivity contribution in [2.45, 2.75) is 52.0 Å². The minimum atomic E-state index is -3.23. The summed E-state index contributed by atoms with van der Waals surface area (Å²) in [6, 6.07) is 12.0. The molecule has 0 spiro atoms. The van der Waals surface area contributed by atoms with Crippen LogP contribution in [-0.4, -0.2) is 80.7 Å². The number of carbonyl (C=O) groups is 2. The Morgan fingerprint density at radius 3 is 2.27 bits per heavy atom. The number of para-hydroxylation sites is 2. The molecule has 12 heteroatoms. The molecule has 3 N–H and O–H groups in total. The van der Waals surface area contributed by atoms with Gasteiger partial charge in [0.05, 0.1) is 29.0 Å². The number of aromatic nitrogens is 1. The van der Waals surface area contributed by atoms with Gasteiger partial charge in [-0.1, -0.05) is 26.0 Å². The van der Waals surface area contributed by atoms with Gasteiger partial charge >= 0.3 is 6.03 Å². The van der Waals surface area contributed by atoms with Gasteiger partial charge < -0.3 is 20.9 Å². The number of nitrogens with one attached hydrogen (secondary N) is 1. The molecule has 3 unspecified atom stereocenters. The average molecular weight is 636 g/mol. The normalized spacial score (nSPS) is 29.6. The van der Waals surface area contributed by atoms with Gasteiger partial charge in [-0.3, -0.25) is 9.69 Å². The van der Waals surface area contributed by atoms with Crippen LogP contribution < -0.4 is 25.8 Å². The van der Waals surface area contributed by atoms with Gasteiger partial charge in [0.25, 0.3) is 0 Å². The van der Waals surface area contributed by atoms with Crippen LogP contribution in [0.3, 0.4) is 0 Å². The second kappa shape index (κ2) is 11.5. The van der Waals surface area contributed by atoms with Crippen molar-refractivity contribution in [2.75, 3.05) is 59.7 Å². The molecule has 4 saturated carbocycles. The second-order valence-electron chi connectivity index (χ2n) is 14.3. The summed E-state index contributed by atoms with van der Waals surface area (Å²) in [5.74, 6) is 2.08. The predicted molar refractivity (Wildman–Crippen MR) is 175 cm³/mol. The number of carbonyl (C=O) groups excluding carboxylic acids is 2. The summed E-state index contributed by atoms with van der Waals surface area (Å²) in [6.07, 6.45) is 6.49. The van der Waals surface area contributed by atoms with Gasteiger partial charge in [0.1, 0.15) is 5.82 Å². The molecule has 1 saturated heterocycles. The smallest absolute Gasteiger partial charge is 0.322 e. The minimum Gasteiger partial charge on any atom is -0.369 e. The first-order valence-electron chi connectivity index (χ1n) is 16.5. The summed E-state index contributed by atoms with van der Waals surface area (Å²) in [5, 5.41) is 3.40. The van der Waals surface area contributed by atoms with E-state index in [1.54, 1.807) is 4.31 Å². The Morgan fingerprint density at radius 1 is 0.956 bits per heavy atom. The van der Waals surface area contributed by atoms with E-state index >= 15 is 0 Å². The van der Waals surface area contributed by atoms with Crippen molar-refractivity contribution in [3.8, 4) is 0 Å². The highest BCUT2D eigenvalue weighted by molar-refractivity contribution is 7.89. The zero-order valence-corrected chi connectivity index (χ0v) is 27.1. The number of nitrogens with zero attached hydrogens (tertiary/aromatic N) is 5. The fourth-order valence-corrected chi connectivity index (χ4v) is 10.8. The lowest BCUT2D eigenvalue weighted by atomic mass is 9.47. The molecule has 242 valence electrons. The molecule has 3 amide bonds. The number of hydrogen-bond donors (Lipinski definition) is 2. The molecule has 11 nitrogen and oxygen atoms in total. The van der Waals surface area contributed by atoms with Gasteiger partial charge in [-0.25, -0.2) is 18.2 Å². The van der Waals surface area contributed by atoms with Gasteiger partial charge in [0, 0.05) is 50.7 Å². The first kappa shape index (κ1) is 30.3. The number of nitrogens with two attached hydrogens (primary N) is 1. The van der Waals surface area contributed by atoms with Crippen LogP contribution in [0.4, 0.5) is 27.7 Å². The third-order valence-electron chi connectivity index (χ3n) is 10.9. The van der Waals surface area contributed by atoms with Crippen molar-refractivity contribution in [1.82, 2.24) is 14.6 Å². The van der Waals surface area contributed by atoms with Crippen molar-refractivity contribution in [3.05, 3.63) is 42.6 Å². The van der Waals surface area contributed by atoms with E-state index in [9.17, 15) is 18.0 Å². The Morgan fingerprint density at radius 2 is 1.64 bits per heavy atom. The molecule has 1 aromatic carbocycles. The SMILES string of the molecule is CC(C)CS(=O)(=O)N1CCN(c2ccc(N3CCN(C(=O)NC4[C@@H]5CC6C[C@H]4CC(C(N)=O)(C6)C5)c4ccccc43)nc2)CC1. The fraction of sp³-hybridized carbons (Fsp3) is 0.606. The Hall–Kier alpha value is -3.38. The molecule has 4 aliphatic carbocycles. The van der Waals surface area contributed by atoms with E-state index in [0.717, 1.165) is 55.0 Å². The monoisotopic (exact) mass is 635 g/mol. The van der Waals surface area contributed by atoms with Crippen LogP contribution >= 0.6 is 0 Å². The largest absolute Gasteiger partial charge is 0.369 e. The van der Waals surface area contributed by atoms with Crippen molar-refractivity contribution in [3.63, 3.8) is 0 Å². The van der Waals surface area contributed by atoms with E-state index in [1.807, 2.05) is 61.3 Å². The highest BCUT2D eigenvalue weighted by atomic mass is 32.2. The van der Waals surface area contributed by atoms with Crippen LogP contribution in [0.2, 0.25) is 0 Å². The molecular weight excluding hydrogens is 590 g/mol. The molecule has 2 aromatic rings. The standard InChI is InChI=1S/C33H45N7O4S/c1-22(2)21-45(43,44)38-11-9-37(10-12-38)26-7-8-29(35-20-26)39-13-14-40(28-6-4-3-5-27(28)39)32(42)36-30-24-15-23-16-25(30)19-33(17-23,18-24)31(34)41/h3-8,20,22-25,30H,9-19,21H2,1-2H3,(H2,34,41)(H,36,42)/t23?,24-,25+,30?,33?. The maximum absolute atomic E-state index is 13.8. The van der Waals surface area contributed by atoms with Gasteiger partial charge in [0.15, 0.2) is 0 Å². The number of amides is 3. The van der Waals surface area contributed by atoms with Gasteiger partial charge in [-0.2, -0.15) is 4.31 Å². The topological polar surface area (TPSA) is 132 Å². The number of anilines is 4. The molecule has 4 bridgehead atoms. The Labute approximate surface area is 266 Å². The summed E-state index contributed by atoms with van der Waals surface area (Å²) in [7, 11) is -3.23. The summed E-state index contributed by atoms with van der Waals surface area (Å²) in [6.45, 7) is 7.19. The van der Waals surface area contributed by atoms with Crippen LogP contribution in [-0.2, 0) is 14.8 Å². The number of hydrogen-bond acceptors (Lipinski definition) is 7. The lowest BCUT2D eigenvalue weighted by Crippen LogP contribution is -2.63. The second-order valence-corrected chi connectivity index (χ2v) is 16.3. The van der Waals surface area contributed by atoms with Crippen LogP contribution in [0.1, 0.15) is 46.0 Å². The lowest BCUT2D eigenvalue weighted by Gasteiger charge is -2.59. The van der Waals surface area contributed by atoms with E-state index in [0.29, 0.717) is 57.0 Å². The number of piperazine rings is 1. The Bertz CT molecular complexity index is 1540. The van der Waals surface area contributed by atoms with Gasteiger partial charge in [0.2, 0.25) is 15.9 Å². The number of pyridine rings is 1. The van der Waals surface area contributed by atoms with Crippen LogP contribution in [0.25, 0.3) is 0 Å². The molecule has 0 radical (unpaired) electrons. The first-order valence-corrected chi connectivity index (χ1v) is 18.1. The minimum absolute atomic E-state index is 0.0782. The number of primary amides is 1. The number of rotatable bonds is 7. The number of urea groups is 1. The Kier molecular flexibility index (Phi) is 7.71. The number of sulfonamides is 1. The third kappa shape index (κ3) is 5.54. The molecule has 5 fully saturated rings. The van der Waals surface area contributed by atoms with Crippen molar-refractivity contribution in [2.24, 2.45) is 34.8 Å². The van der Waals surface area contributed by atoms with Gasteiger partial charge in [-0.05, 0) is 80.0 Å². The van der Waals surface area contributed by atoms with E-state index < -0.39 is 10.0 Å². The van der Waals surface area contributed by atoms with Crippen LogP contribution in [0, 0.1) is 29.1 Å². The summed E-state index contributed by atoms with van der Waals surface area (Å²) >= 11 is 0. The zero-order valence-electron chi connectivity index (χ0n) is 26.3. The Balaban J connectivity index is 1.02. The average Bonchev–Trinajstić information content (AvgIpc) is 3.01. The zero-order chi connectivity index (χ0) is 31.5. The number of benzene rings is 1. The lowest BCUT2D eigenvalue weighted by molar-refractivity contribution is -0.145. The van der Waals surface area contributed by atoms with Crippen LogP contribution in [0.15, 0.2) is 42.6 Å². The summed E-state index contributed by atoms with van der Waals surface area (Å²) in [5.41, 5.74) is 8.26. The van der Waals surface area contributed by atoms with Crippen molar-refractivity contribution >= 4 is 44.8 Å².